The van der Waals surface area contributed by atoms with Crippen LogP contribution < -0.4 is 10.1 Å². The highest BCUT2D eigenvalue weighted by atomic mass is 16.5. The maximum Gasteiger partial charge on any atom is 0.223 e. The number of rotatable bonds is 3. The summed E-state index contributed by atoms with van der Waals surface area (Å²) in [5.74, 6) is 0.818. The number of carbonyl (C=O) groups excluding carboxylic acids is 1. The second-order valence-corrected chi connectivity index (χ2v) is 4.01. The molecule has 1 unspecified atom stereocenters. The Balaban J connectivity index is 2.04. The molecular weight excluding hydrogens is 204 g/mol. The summed E-state index contributed by atoms with van der Waals surface area (Å²) in [7, 11) is 1.60. The molecule has 0 saturated carbocycles. The van der Waals surface area contributed by atoms with Crippen molar-refractivity contribution in [2.75, 3.05) is 13.7 Å². The van der Waals surface area contributed by atoms with E-state index in [1.54, 1.807) is 7.11 Å². The third-order valence-electron chi connectivity index (χ3n) is 2.85. The lowest BCUT2D eigenvalue weighted by Crippen LogP contribution is -2.37. The van der Waals surface area contributed by atoms with Gasteiger partial charge in [-0.3, -0.25) is 4.79 Å². The molecule has 0 radical (unpaired) electrons. The van der Waals surface area contributed by atoms with Crippen molar-refractivity contribution in [3.8, 4) is 5.88 Å². The first-order valence-electron chi connectivity index (χ1n) is 5.57. The molecule has 0 aliphatic carbocycles. The Hall–Kier alpha value is -1.58. The summed E-state index contributed by atoms with van der Waals surface area (Å²) >= 11 is 0. The highest BCUT2D eigenvalue weighted by Crippen LogP contribution is 2.17. The van der Waals surface area contributed by atoms with E-state index in [9.17, 15) is 4.79 Å². The Bertz CT molecular complexity index is 379. The quantitative estimate of drug-likeness (QED) is 0.831. The van der Waals surface area contributed by atoms with Crippen LogP contribution in [0.2, 0.25) is 0 Å². The van der Waals surface area contributed by atoms with Crippen LogP contribution in [-0.2, 0) is 11.2 Å². The Kier molecular flexibility index (Phi) is 3.39. The SMILES string of the molecule is COc1cccc(CC2CCCNC2=O)n1. The number of nitrogens with one attached hydrogen (secondary N) is 1. The molecule has 1 aliphatic rings. The van der Waals surface area contributed by atoms with Gasteiger partial charge in [0.1, 0.15) is 0 Å². The standard InChI is InChI=1S/C12H16N2O2/c1-16-11-6-2-5-10(14-11)8-9-4-3-7-13-12(9)15/h2,5-6,9H,3-4,7-8H2,1H3,(H,13,15). The number of nitrogens with zero attached hydrogens (tertiary/aromatic N) is 1. The minimum absolute atomic E-state index is 0.0633. The molecule has 1 aliphatic heterocycles. The maximum atomic E-state index is 11.6. The number of pyridine rings is 1. The van der Waals surface area contributed by atoms with Gasteiger partial charge in [-0.05, 0) is 18.9 Å². The van der Waals surface area contributed by atoms with Crippen molar-refractivity contribution in [3.63, 3.8) is 0 Å². The molecule has 0 spiro atoms. The summed E-state index contributed by atoms with van der Waals surface area (Å²) in [6.07, 6.45) is 2.70. The predicted octanol–water partition coefficient (Wildman–Crippen LogP) is 1.16. The van der Waals surface area contributed by atoms with Gasteiger partial charge in [-0.15, -0.1) is 0 Å². The van der Waals surface area contributed by atoms with Crippen molar-refractivity contribution in [2.24, 2.45) is 5.92 Å². The number of piperidine rings is 1. The number of hydrogen-bond acceptors (Lipinski definition) is 3. The lowest BCUT2D eigenvalue weighted by atomic mass is 9.93. The molecule has 1 N–H and O–H groups in total. The Morgan fingerprint density at radius 1 is 1.56 bits per heavy atom. The second kappa shape index (κ2) is 4.96. The maximum absolute atomic E-state index is 11.6. The van der Waals surface area contributed by atoms with E-state index in [2.05, 4.69) is 10.3 Å². The third kappa shape index (κ3) is 2.51. The highest BCUT2D eigenvalue weighted by molar-refractivity contribution is 5.79. The van der Waals surface area contributed by atoms with E-state index in [-0.39, 0.29) is 11.8 Å². The first kappa shape index (κ1) is 10.9. The molecule has 4 nitrogen and oxygen atoms in total. The van der Waals surface area contributed by atoms with Gasteiger partial charge >= 0.3 is 0 Å². The fourth-order valence-electron chi connectivity index (χ4n) is 1.97. The molecule has 2 heterocycles. The van der Waals surface area contributed by atoms with E-state index < -0.39 is 0 Å². The van der Waals surface area contributed by atoms with Gasteiger partial charge in [0.05, 0.1) is 7.11 Å². The normalized spacial score (nSPS) is 20.3. The van der Waals surface area contributed by atoms with E-state index >= 15 is 0 Å². The molecule has 1 atom stereocenters. The molecule has 1 amide bonds. The second-order valence-electron chi connectivity index (χ2n) is 4.01. The van der Waals surface area contributed by atoms with Crippen molar-refractivity contribution in [2.45, 2.75) is 19.3 Å². The van der Waals surface area contributed by atoms with Gasteiger partial charge in [-0.2, -0.15) is 0 Å². The number of methoxy groups -OCH3 is 1. The summed E-state index contributed by atoms with van der Waals surface area (Å²) < 4.78 is 5.06. The van der Waals surface area contributed by atoms with Gasteiger partial charge in [-0.25, -0.2) is 4.98 Å². The third-order valence-corrected chi connectivity index (χ3v) is 2.85. The van der Waals surface area contributed by atoms with E-state index in [1.165, 1.54) is 0 Å². The van der Waals surface area contributed by atoms with Crippen LogP contribution in [0.5, 0.6) is 5.88 Å². The molecule has 1 aromatic heterocycles. The molecule has 1 saturated heterocycles. The van der Waals surface area contributed by atoms with Crippen LogP contribution in [0.15, 0.2) is 18.2 Å². The smallest absolute Gasteiger partial charge is 0.223 e. The van der Waals surface area contributed by atoms with E-state index in [0.29, 0.717) is 12.3 Å². The van der Waals surface area contributed by atoms with Gasteiger partial charge in [0, 0.05) is 30.6 Å². The topological polar surface area (TPSA) is 51.2 Å². The summed E-state index contributed by atoms with van der Waals surface area (Å²) in [4.78, 5) is 15.9. The fourth-order valence-corrected chi connectivity index (χ4v) is 1.97. The van der Waals surface area contributed by atoms with Crippen molar-refractivity contribution >= 4 is 5.91 Å². The van der Waals surface area contributed by atoms with Crippen LogP contribution >= 0.6 is 0 Å². The van der Waals surface area contributed by atoms with Gasteiger partial charge in [0.2, 0.25) is 11.8 Å². The molecule has 4 heteroatoms. The fraction of sp³-hybridized carbons (Fsp3) is 0.500. The zero-order chi connectivity index (χ0) is 11.4. The highest BCUT2D eigenvalue weighted by Gasteiger charge is 2.22. The van der Waals surface area contributed by atoms with Crippen molar-refractivity contribution < 1.29 is 9.53 Å². The van der Waals surface area contributed by atoms with Crippen molar-refractivity contribution in [1.29, 1.82) is 0 Å². The number of carbonyl (C=O) groups is 1. The van der Waals surface area contributed by atoms with Crippen LogP contribution in [0, 0.1) is 5.92 Å². The Labute approximate surface area is 95.0 Å². The van der Waals surface area contributed by atoms with E-state index in [1.807, 2.05) is 18.2 Å². The predicted molar refractivity (Wildman–Crippen MR) is 60.2 cm³/mol. The van der Waals surface area contributed by atoms with Crippen LogP contribution in [0.25, 0.3) is 0 Å². The average Bonchev–Trinajstić information content (AvgIpc) is 2.32. The molecular formula is C12H16N2O2. The molecule has 1 aromatic rings. The molecule has 16 heavy (non-hydrogen) atoms. The minimum atomic E-state index is 0.0633. The lowest BCUT2D eigenvalue weighted by molar-refractivity contribution is -0.126. The molecule has 1 fully saturated rings. The summed E-state index contributed by atoms with van der Waals surface area (Å²) in [6, 6.07) is 5.65. The van der Waals surface area contributed by atoms with Gasteiger partial charge in [-0.1, -0.05) is 6.07 Å². The molecule has 2 rings (SSSR count). The average molecular weight is 220 g/mol. The van der Waals surface area contributed by atoms with Crippen LogP contribution in [0.1, 0.15) is 18.5 Å². The van der Waals surface area contributed by atoms with Crippen LogP contribution in [-0.4, -0.2) is 24.5 Å². The summed E-state index contributed by atoms with van der Waals surface area (Å²) in [5.41, 5.74) is 0.918. The first-order chi connectivity index (χ1) is 7.79. The molecule has 0 aromatic carbocycles. The zero-order valence-corrected chi connectivity index (χ0v) is 9.40. The summed E-state index contributed by atoms with van der Waals surface area (Å²) in [5, 5.41) is 2.88. The van der Waals surface area contributed by atoms with Gasteiger partial charge in [0.25, 0.3) is 0 Å². The van der Waals surface area contributed by atoms with Crippen LogP contribution in [0.4, 0.5) is 0 Å². The number of ether oxygens (including phenoxy) is 1. The minimum Gasteiger partial charge on any atom is -0.481 e. The van der Waals surface area contributed by atoms with E-state index in [0.717, 1.165) is 25.1 Å². The van der Waals surface area contributed by atoms with Crippen molar-refractivity contribution in [3.05, 3.63) is 23.9 Å². The van der Waals surface area contributed by atoms with E-state index in [4.69, 9.17) is 4.74 Å². The Morgan fingerprint density at radius 3 is 3.19 bits per heavy atom. The van der Waals surface area contributed by atoms with Gasteiger partial charge < -0.3 is 10.1 Å². The zero-order valence-electron chi connectivity index (χ0n) is 9.40. The molecule has 86 valence electrons. The largest absolute Gasteiger partial charge is 0.481 e. The first-order valence-corrected chi connectivity index (χ1v) is 5.57. The Morgan fingerprint density at radius 2 is 2.44 bits per heavy atom. The monoisotopic (exact) mass is 220 g/mol. The lowest BCUT2D eigenvalue weighted by Gasteiger charge is -2.21. The number of hydrogen-bond donors (Lipinski definition) is 1. The number of aromatic nitrogens is 1. The molecule has 0 bridgehead atoms. The van der Waals surface area contributed by atoms with Gasteiger partial charge in [0.15, 0.2) is 0 Å². The number of amides is 1. The van der Waals surface area contributed by atoms with Crippen molar-refractivity contribution in [1.82, 2.24) is 10.3 Å². The summed E-state index contributed by atoms with van der Waals surface area (Å²) in [6.45, 7) is 0.806. The van der Waals surface area contributed by atoms with Crippen LogP contribution in [0.3, 0.4) is 0 Å².